The Labute approximate surface area is 124 Å². The van der Waals surface area contributed by atoms with Gasteiger partial charge in [0.2, 0.25) is 0 Å². The van der Waals surface area contributed by atoms with Crippen LogP contribution in [0, 0.1) is 5.82 Å². The van der Waals surface area contributed by atoms with E-state index in [0.717, 1.165) is 15.3 Å². The molecule has 0 bridgehead atoms. The number of nitrogens with zero attached hydrogens (tertiary/aromatic N) is 2. The second-order valence-electron chi connectivity index (χ2n) is 4.59. The van der Waals surface area contributed by atoms with E-state index in [1.807, 2.05) is 0 Å². The molecule has 0 fully saturated rings. The summed E-state index contributed by atoms with van der Waals surface area (Å²) in [6.07, 6.45) is 1.15. The predicted molar refractivity (Wildman–Crippen MR) is 76.5 cm³/mol. The second-order valence-corrected chi connectivity index (χ2v) is 4.99. The summed E-state index contributed by atoms with van der Waals surface area (Å²) < 4.78 is 15.8. The molecule has 1 heterocycles. The summed E-state index contributed by atoms with van der Waals surface area (Å²) in [7, 11) is 1.27. The van der Waals surface area contributed by atoms with Crippen LogP contribution in [0.2, 0.25) is 5.02 Å². The summed E-state index contributed by atoms with van der Waals surface area (Å²) in [4.78, 5) is 35.2. The molecular weight excluding hydrogens is 299 g/mol. The van der Waals surface area contributed by atoms with Crippen molar-refractivity contribution in [1.29, 1.82) is 0 Å². The molecule has 2 aromatic rings. The van der Waals surface area contributed by atoms with Crippen LogP contribution in [0.5, 0.6) is 0 Å². The molecule has 7 heteroatoms. The molecule has 0 aliphatic carbocycles. The molecule has 0 spiro atoms. The van der Waals surface area contributed by atoms with Gasteiger partial charge in [-0.3, -0.25) is 18.7 Å². The maximum absolute atomic E-state index is 13.9. The topological polar surface area (TPSA) is 61.1 Å². The van der Waals surface area contributed by atoms with Gasteiger partial charge in [-0.25, -0.2) is 9.18 Å². The van der Waals surface area contributed by atoms with Crippen LogP contribution in [0.25, 0.3) is 0 Å². The molecule has 0 atom stereocenters. The number of hydrogen-bond donors (Lipinski definition) is 0. The van der Waals surface area contributed by atoms with Gasteiger partial charge in [0, 0.05) is 18.8 Å². The largest absolute Gasteiger partial charge is 0.331 e. The monoisotopic (exact) mass is 310 g/mol. The molecule has 0 unspecified atom stereocenters. The van der Waals surface area contributed by atoms with E-state index >= 15 is 0 Å². The Bertz CT molecular complexity index is 839. The molecule has 21 heavy (non-hydrogen) atoms. The molecule has 110 valence electrons. The lowest BCUT2D eigenvalue weighted by atomic mass is 10.2. The zero-order chi connectivity index (χ0) is 15.7. The highest BCUT2D eigenvalue weighted by molar-refractivity contribution is 6.30. The van der Waals surface area contributed by atoms with Crippen LogP contribution in [-0.4, -0.2) is 14.9 Å². The van der Waals surface area contributed by atoms with E-state index in [4.69, 9.17) is 11.6 Å². The van der Waals surface area contributed by atoms with Crippen molar-refractivity contribution in [1.82, 2.24) is 9.13 Å². The van der Waals surface area contributed by atoms with Crippen LogP contribution in [0.3, 0.4) is 0 Å². The fourth-order valence-electron chi connectivity index (χ4n) is 1.94. The Morgan fingerprint density at radius 3 is 2.62 bits per heavy atom. The van der Waals surface area contributed by atoms with Crippen molar-refractivity contribution in [3.8, 4) is 0 Å². The minimum Gasteiger partial charge on any atom is -0.295 e. The van der Waals surface area contributed by atoms with E-state index in [9.17, 15) is 18.8 Å². The first-order valence-corrected chi connectivity index (χ1v) is 6.45. The van der Waals surface area contributed by atoms with Crippen molar-refractivity contribution in [2.75, 3.05) is 0 Å². The molecule has 5 nitrogen and oxygen atoms in total. The number of rotatable bonds is 3. The maximum atomic E-state index is 13.9. The van der Waals surface area contributed by atoms with Crippen molar-refractivity contribution in [3.05, 3.63) is 67.2 Å². The molecular formula is C14H12ClFN2O3. The van der Waals surface area contributed by atoms with Crippen LogP contribution in [-0.2, 0) is 13.6 Å². The van der Waals surface area contributed by atoms with Crippen molar-refractivity contribution < 1.29 is 9.18 Å². The van der Waals surface area contributed by atoms with E-state index in [1.54, 1.807) is 6.07 Å². The Kier molecular flexibility index (Phi) is 4.09. The van der Waals surface area contributed by atoms with Gasteiger partial charge in [-0.15, -0.1) is 0 Å². The summed E-state index contributed by atoms with van der Waals surface area (Å²) in [6, 6.07) is 4.43. The minimum absolute atomic E-state index is 0.0582. The van der Waals surface area contributed by atoms with Crippen molar-refractivity contribution in [2.24, 2.45) is 7.05 Å². The number of Topliss-reactive ketones (excluding diaryl/α,β-unsaturated/α-hetero) is 1. The van der Waals surface area contributed by atoms with Crippen molar-refractivity contribution >= 4 is 17.4 Å². The first-order valence-electron chi connectivity index (χ1n) is 6.07. The molecule has 0 saturated heterocycles. The lowest BCUT2D eigenvalue weighted by Gasteiger charge is -2.10. The SMILES string of the molecule is CC(=O)c1cn(Cc2cccc(Cl)c2F)c(=O)n(C)c1=O. The summed E-state index contributed by atoms with van der Waals surface area (Å²) in [6.45, 7) is 1.10. The first kappa shape index (κ1) is 15.2. The van der Waals surface area contributed by atoms with Crippen LogP contribution < -0.4 is 11.2 Å². The molecule has 0 radical (unpaired) electrons. The van der Waals surface area contributed by atoms with E-state index in [1.165, 1.54) is 26.1 Å². The average Bonchev–Trinajstić information content (AvgIpc) is 2.43. The number of aromatic nitrogens is 2. The second kappa shape index (κ2) is 5.65. The molecule has 0 amide bonds. The highest BCUT2D eigenvalue weighted by Gasteiger charge is 2.14. The van der Waals surface area contributed by atoms with Gasteiger partial charge in [0.1, 0.15) is 5.82 Å². The van der Waals surface area contributed by atoms with E-state index in [2.05, 4.69) is 0 Å². The third-order valence-corrected chi connectivity index (χ3v) is 3.40. The van der Waals surface area contributed by atoms with Crippen LogP contribution >= 0.6 is 11.6 Å². The summed E-state index contributed by atoms with van der Waals surface area (Å²) in [5, 5.41) is -0.0582. The lowest BCUT2D eigenvalue weighted by molar-refractivity contribution is 0.101. The van der Waals surface area contributed by atoms with Gasteiger partial charge in [0.15, 0.2) is 5.78 Å². The first-order chi connectivity index (χ1) is 9.82. The number of ketones is 1. The summed E-state index contributed by atoms with van der Waals surface area (Å²) in [5.41, 5.74) is -1.24. The standard InChI is InChI=1S/C14H12ClFN2O3/c1-8(19)10-7-18(14(21)17(2)13(10)20)6-9-4-3-5-11(15)12(9)16/h3-5,7H,6H2,1-2H3. The van der Waals surface area contributed by atoms with Crippen LogP contribution in [0.1, 0.15) is 22.8 Å². The van der Waals surface area contributed by atoms with Gasteiger partial charge in [-0.1, -0.05) is 23.7 Å². The number of carbonyl (C=O) groups is 1. The molecule has 0 N–H and O–H groups in total. The van der Waals surface area contributed by atoms with Crippen LogP contribution in [0.15, 0.2) is 34.0 Å². The number of halogens is 2. The quantitative estimate of drug-likeness (QED) is 0.809. The van der Waals surface area contributed by atoms with Gasteiger partial charge < -0.3 is 0 Å². The normalized spacial score (nSPS) is 10.7. The average molecular weight is 311 g/mol. The summed E-state index contributed by atoms with van der Waals surface area (Å²) in [5.74, 6) is -1.10. The zero-order valence-corrected chi connectivity index (χ0v) is 12.1. The van der Waals surface area contributed by atoms with Crippen LogP contribution in [0.4, 0.5) is 4.39 Å². The predicted octanol–water partition coefficient (Wildman–Crippen LogP) is 1.59. The van der Waals surface area contributed by atoms with Crippen molar-refractivity contribution in [2.45, 2.75) is 13.5 Å². The number of benzene rings is 1. The fraction of sp³-hybridized carbons (Fsp3) is 0.214. The molecule has 1 aromatic heterocycles. The third kappa shape index (κ3) is 2.80. The Balaban J connectivity index is 2.60. The highest BCUT2D eigenvalue weighted by atomic mass is 35.5. The Morgan fingerprint density at radius 1 is 1.33 bits per heavy atom. The molecule has 0 aliphatic rings. The fourth-order valence-corrected chi connectivity index (χ4v) is 2.13. The highest BCUT2D eigenvalue weighted by Crippen LogP contribution is 2.18. The van der Waals surface area contributed by atoms with Gasteiger partial charge in [-0.05, 0) is 13.0 Å². The Hall–Kier alpha value is -2.21. The van der Waals surface area contributed by atoms with Gasteiger partial charge >= 0.3 is 5.69 Å². The van der Waals surface area contributed by atoms with Gasteiger partial charge in [-0.2, -0.15) is 0 Å². The van der Waals surface area contributed by atoms with Gasteiger partial charge in [0.25, 0.3) is 5.56 Å². The summed E-state index contributed by atoms with van der Waals surface area (Å²) >= 11 is 5.69. The third-order valence-electron chi connectivity index (χ3n) is 3.10. The molecule has 0 aliphatic heterocycles. The number of hydrogen-bond acceptors (Lipinski definition) is 3. The lowest BCUT2D eigenvalue weighted by Crippen LogP contribution is -2.40. The Morgan fingerprint density at radius 2 is 2.00 bits per heavy atom. The maximum Gasteiger partial charge on any atom is 0.331 e. The van der Waals surface area contributed by atoms with E-state index in [0.29, 0.717) is 0 Å². The van der Waals surface area contributed by atoms with E-state index < -0.39 is 22.8 Å². The minimum atomic E-state index is -0.671. The van der Waals surface area contributed by atoms with Crippen molar-refractivity contribution in [3.63, 3.8) is 0 Å². The van der Waals surface area contributed by atoms with Gasteiger partial charge in [0.05, 0.1) is 17.1 Å². The molecule has 1 aromatic carbocycles. The molecule has 0 saturated carbocycles. The smallest absolute Gasteiger partial charge is 0.295 e. The molecule has 2 rings (SSSR count). The van der Waals surface area contributed by atoms with E-state index in [-0.39, 0.29) is 22.7 Å². The number of carbonyl (C=O) groups excluding carboxylic acids is 1. The zero-order valence-electron chi connectivity index (χ0n) is 11.4.